The molecule has 0 radical (unpaired) electrons. The molecule has 2 atom stereocenters. The molecule has 0 saturated carbocycles. The van der Waals surface area contributed by atoms with Crippen LogP contribution >= 0.6 is 0 Å². The van der Waals surface area contributed by atoms with Crippen LogP contribution in [-0.4, -0.2) is 37.8 Å². The van der Waals surface area contributed by atoms with E-state index in [9.17, 15) is 9.59 Å². The van der Waals surface area contributed by atoms with Gasteiger partial charge in [-0.1, -0.05) is 36.4 Å². The summed E-state index contributed by atoms with van der Waals surface area (Å²) < 4.78 is 12.3. The van der Waals surface area contributed by atoms with Crippen molar-refractivity contribution in [2.45, 2.75) is 6.04 Å². The summed E-state index contributed by atoms with van der Waals surface area (Å²) in [5, 5.41) is 1.02. The van der Waals surface area contributed by atoms with Crippen LogP contribution in [0.4, 0.5) is 5.69 Å². The lowest BCUT2D eigenvalue weighted by molar-refractivity contribution is -0.148. The van der Waals surface area contributed by atoms with Crippen LogP contribution in [0.1, 0.15) is 17.2 Å². The van der Waals surface area contributed by atoms with E-state index < -0.39 is 23.9 Å². The van der Waals surface area contributed by atoms with Gasteiger partial charge >= 0.3 is 11.9 Å². The van der Waals surface area contributed by atoms with Gasteiger partial charge in [0.1, 0.15) is 5.92 Å². The van der Waals surface area contributed by atoms with Crippen molar-refractivity contribution in [2.75, 3.05) is 26.2 Å². The van der Waals surface area contributed by atoms with E-state index in [-0.39, 0.29) is 5.57 Å². The van der Waals surface area contributed by atoms with Gasteiger partial charge in [0.15, 0.2) is 0 Å². The molecule has 0 amide bonds. The van der Waals surface area contributed by atoms with Crippen LogP contribution in [0.25, 0.3) is 17.0 Å². The third kappa shape index (κ3) is 3.05. The van der Waals surface area contributed by atoms with Gasteiger partial charge in [0.25, 0.3) is 0 Å². The molecule has 1 aliphatic rings. The molecule has 0 aliphatic carbocycles. The van der Waals surface area contributed by atoms with E-state index in [0.29, 0.717) is 0 Å². The van der Waals surface area contributed by atoms with Gasteiger partial charge in [0, 0.05) is 42.4 Å². The first-order chi connectivity index (χ1) is 14.5. The number of carbonyl (C=O) groups is 2. The summed E-state index contributed by atoms with van der Waals surface area (Å²) >= 11 is 0. The number of hydrogen-bond donors (Lipinski definition) is 0. The molecule has 0 N–H and O–H groups in total. The van der Waals surface area contributed by atoms with Gasteiger partial charge < -0.3 is 18.9 Å². The number of hydrogen-bond acceptors (Lipinski definition) is 5. The van der Waals surface area contributed by atoms with Crippen LogP contribution in [0.3, 0.4) is 0 Å². The summed E-state index contributed by atoms with van der Waals surface area (Å²) in [6.07, 6.45) is 3.76. The zero-order valence-electron chi connectivity index (χ0n) is 17.5. The molecule has 2 heterocycles. The molecule has 3 aromatic rings. The van der Waals surface area contributed by atoms with Crippen LogP contribution < -0.4 is 4.90 Å². The molecule has 4 rings (SSSR count). The molecule has 0 bridgehead atoms. The van der Waals surface area contributed by atoms with Gasteiger partial charge in [-0.05, 0) is 23.8 Å². The van der Waals surface area contributed by atoms with Crippen molar-refractivity contribution in [1.29, 1.82) is 0 Å². The molecule has 0 spiro atoms. The first kappa shape index (κ1) is 19.8. The SMILES string of the molecule is COC(=O)C1=Cc2ccccc2N(C)C(c2cn(C)c3ccccc23)C1C(=O)OC. The minimum atomic E-state index is -0.856. The van der Waals surface area contributed by atoms with Crippen molar-refractivity contribution < 1.29 is 19.1 Å². The number of aryl methyl sites for hydroxylation is 1. The van der Waals surface area contributed by atoms with E-state index in [0.717, 1.165) is 27.7 Å². The molecule has 1 aromatic heterocycles. The standard InChI is InChI=1S/C24H24N2O4/c1-25-14-18(16-10-6-8-12-20(16)25)22-21(24(28)30-4)17(23(27)29-3)13-15-9-5-7-11-19(15)26(22)2/h5-14,21-22H,1-4H3. The average Bonchev–Trinajstić information content (AvgIpc) is 3.04. The second kappa shape index (κ2) is 7.71. The minimum absolute atomic E-state index is 0.277. The second-order valence-corrected chi connectivity index (χ2v) is 7.42. The van der Waals surface area contributed by atoms with Crippen LogP contribution in [0, 0.1) is 5.92 Å². The Bertz CT molecular complexity index is 1160. The second-order valence-electron chi connectivity index (χ2n) is 7.42. The maximum Gasteiger partial charge on any atom is 0.334 e. The van der Waals surface area contributed by atoms with E-state index in [2.05, 4.69) is 0 Å². The number of rotatable bonds is 3. The third-order valence-electron chi connectivity index (χ3n) is 5.82. The van der Waals surface area contributed by atoms with E-state index in [4.69, 9.17) is 9.47 Å². The van der Waals surface area contributed by atoms with Gasteiger partial charge in [-0.25, -0.2) is 4.79 Å². The minimum Gasteiger partial charge on any atom is -0.468 e. The first-order valence-electron chi connectivity index (χ1n) is 9.71. The number of aromatic nitrogens is 1. The molecular formula is C24H24N2O4. The third-order valence-corrected chi connectivity index (χ3v) is 5.82. The lowest BCUT2D eigenvalue weighted by Crippen LogP contribution is -2.37. The van der Waals surface area contributed by atoms with Crippen LogP contribution in [0.15, 0.2) is 60.3 Å². The maximum absolute atomic E-state index is 13.1. The topological polar surface area (TPSA) is 60.8 Å². The van der Waals surface area contributed by atoms with E-state index in [1.807, 2.05) is 78.3 Å². The Balaban J connectivity index is 2.04. The quantitative estimate of drug-likeness (QED) is 0.623. The lowest BCUT2D eigenvalue weighted by atomic mass is 9.85. The molecule has 0 fully saturated rings. The molecule has 1 aliphatic heterocycles. The highest BCUT2D eigenvalue weighted by Gasteiger charge is 2.43. The smallest absolute Gasteiger partial charge is 0.334 e. The van der Waals surface area contributed by atoms with Crippen molar-refractivity contribution in [2.24, 2.45) is 13.0 Å². The normalized spacial score (nSPS) is 18.4. The molecule has 30 heavy (non-hydrogen) atoms. The van der Waals surface area contributed by atoms with Crippen molar-refractivity contribution >= 4 is 34.6 Å². The Kier molecular flexibility index (Phi) is 5.08. The van der Waals surface area contributed by atoms with Gasteiger partial charge in [-0.3, -0.25) is 4.79 Å². The van der Waals surface area contributed by atoms with Crippen molar-refractivity contribution in [3.05, 3.63) is 71.4 Å². The molecule has 2 aromatic carbocycles. The number of benzene rings is 2. The first-order valence-corrected chi connectivity index (χ1v) is 9.71. The number of carbonyl (C=O) groups excluding carboxylic acids is 2. The molecule has 0 saturated heterocycles. The number of esters is 2. The fourth-order valence-corrected chi connectivity index (χ4v) is 4.42. The zero-order chi connectivity index (χ0) is 21.4. The van der Waals surface area contributed by atoms with E-state index >= 15 is 0 Å². The van der Waals surface area contributed by atoms with Crippen LogP contribution in [-0.2, 0) is 26.1 Å². The molecule has 6 heteroatoms. The molecular weight excluding hydrogens is 380 g/mol. The number of anilines is 1. The highest BCUT2D eigenvalue weighted by molar-refractivity contribution is 6.02. The average molecular weight is 404 g/mol. The van der Waals surface area contributed by atoms with Gasteiger partial charge in [0.2, 0.25) is 0 Å². The fourth-order valence-electron chi connectivity index (χ4n) is 4.42. The van der Waals surface area contributed by atoms with E-state index in [1.165, 1.54) is 14.2 Å². The largest absolute Gasteiger partial charge is 0.468 e. The maximum atomic E-state index is 13.1. The monoisotopic (exact) mass is 404 g/mol. The fraction of sp³-hybridized carbons (Fsp3) is 0.250. The van der Waals surface area contributed by atoms with Crippen molar-refractivity contribution in [3.8, 4) is 0 Å². The summed E-state index contributed by atoms with van der Waals surface area (Å²) in [6, 6.07) is 15.3. The number of nitrogens with zero attached hydrogens (tertiary/aromatic N) is 2. The molecule has 2 unspecified atom stereocenters. The van der Waals surface area contributed by atoms with Crippen molar-refractivity contribution in [3.63, 3.8) is 0 Å². The zero-order valence-corrected chi connectivity index (χ0v) is 17.5. The summed E-state index contributed by atoms with van der Waals surface area (Å²) in [7, 11) is 6.58. The lowest BCUT2D eigenvalue weighted by Gasteiger charge is -2.34. The summed E-state index contributed by atoms with van der Waals surface area (Å²) in [5.74, 6) is -1.88. The summed E-state index contributed by atoms with van der Waals surface area (Å²) in [5.41, 5.74) is 4.03. The number of fused-ring (bicyclic) bond motifs is 2. The Morgan fingerprint density at radius 2 is 1.63 bits per heavy atom. The molecule has 154 valence electrons. The summed E-state index contributed by atoms with van der Waals surface area (Å²) in [6.45, 7) is 0. The molecule has 6 nitrogen and oxygen atoms in total. The van der Waals surface area contributed by atoms with Crippen LogP contribution in [0.5, 0.6) is 0 Å². The summed E-state index contributed by atoms with van der Waals surface area (Å²) in [4.78, 5) is 27.9. The Morgan fingerprint density at radius 1 is 0.933 bits per heavy atom. The Morgan fingerprint density at radius 3 is 2.37 bits per heavy atom. The predicted molar refractivity (Wildman–Crippen MR) is 116 cm³/mol. The Labute approximate surface area is 175 Å². The number of para-hydroxylation sites is 2. The van der Waals surface area contributed by atoms with Crippen LogP contribution in [0.2, 0.25) is 0 Å². The van der Waals surface area contributed by atoms with Crippen molar-refractivity contribution in [1.82, 2.24) is 4.57 Å². The Hall–Kier alpha value is -3.54. The van der Waals surface area contributed by atoms with Gasteiger partial charge in [0.05, 0.1) is 25.8 Å². The van der Waals surface area contributed by atoms with Gasteiger partial charge in [-0.2, -0.15) is 0 Å². The predicted octanol–water partition coefficient (Wildman–Crippen LogP) is 3.72. The highest BCUT2D eigenvalue weighted by atomic mass is 16.5. The van der Waals surface area contributed by atoms with Gasteiger partial charge in [-0.15, -0.1) is 0 Å². The highest BCUT2D eigenvalue weighted by Crippen LogP contribution is 2.44. The van der Waals surface area contributed by atoms with E-state index in [1.54, 1.807) is 6.08 Å². The number of ether oxygens (including phenoxy) is 2. The number of methoxy groups -OCH3 is 2.